The van der Waals surface area contributed by atoms with Crippen LogP contribution in [0.4, 0.5) is 0 Å². The van der Waals surface area contributed by atoms with Crippen molar-refractivity contribution in [2.24, 2.45) is 5.73 Å². The summed E-state index contributed by atoms with van der Waals surface area (Å²) in [5, 5.41) is 0. The van der Waals surface area contributed by atoms with Gasteiger partial charge in [0.2, 0.25) is 0 Å². The number of pyridine rings is 1. The monoisotopic (exact) mass is 200 g/mol. The molecule has 1 aromatic rings. The molecule has 0 atom stereocenters. The summed E-state index contributed by atoms with van der Waals surface area (Å²) < 4.78 is 22.7. The van der Waals surface area contributed by atoms with Crippen LogP contribution in [0.5, 0.6) is 0 Å². The Morgan fingerprint density at radius 3 is 2.54 bits per heavy atom. The molecule has 0 spiro atoms. The third-order valence-corrected chi connectivity index (χ3v) is 3.47. The first-order valence-electron chi connectivity index (χ1n) is 3.98. The third kappa shape index (κ3) is 2.26. The molecule has 0 amide bonds. The van der Waals surface area contributed by atoms with Gasteiger partial charge in [0.05, 0.1) is 16.3 Å². The Bertz CT molecular complexity index is 370. The number of hydrogen-bond acceptors (Lipinski definition) is 4. The zero-order valence-electron chi connectivity index (χ0n) is 7.40. The van der Waals surface area contributed by atoms with Crippen LogP contribution < -0.4 is 5.73 Å². The van der Waals surface area contributed by atoms with Crippen molar-refractivity contribution < 1.29 is 8.42 Å². The first-order valence-corrected chi connectivity index (χ1v) is 5.63. The average Bonchev–Trinajstić information content (AvgIpc) is 2.18. The predicted octanol–water partition coefficient (Wildman–Crippen LogP) is 0.334. The summed E-state index contributed by atoms with van der Waals surface area (Å²) >= 11 is 0. The van der Waals surface area contributed by atoms with Gasteiger partial charge in [-0.25, -0.2) is 8.42 Å². The number of sulfone groups is 1. The lowest BCUT2D eigenvalue weighted by atomic mass is 10.4. The van der Waals surface area contributed by atoms with Gasteiger partial charge in [-0.05, 0) is 12.1 Å². The van der Waals surface area contributed by atoms with Gasteiger partial charge >= 0.3 is 0 Å². The lowest BCUT2D eigenvalue weighted by molar-refractivity contribution is 0.596. The van der Waals surface area contributed by atoms with Crippen molar-refractivity contribution in [3.8, 4) is 0 Å². The topological polar surface area (TPSA) is 73.0 Å². The van der Waals surface area contributed by atoms with Gasteiger partial charge in [0.1, 0.15) is 0 Å². The molecule has 0 radical (unpaired) electrons. The molecule has 0 bridgehead atoms. The lowest BCUT2D eigenvalue weighted by Gasteiger charge is -2.00. The van der Waals surface area contributed by atoms with Crippen molar-refractivity contribution in [1.82, 2.24) is 4.98 Å². The molecule has 0 aliphatic heterocycles. The maximum atomic E-state index is 11.3. The van der Waals surface area contributed by atoms with Crippen LogP contribution in [0.3, 0.4) is 0 Å². The minimum atomic E-state index is -3.13. The van der Waals surface area contributed by atoms with Crippen molar-refractivity contribution in [3.63, 3.8) is 0 Å². The molecule has 0 saturated heterocycles. The zero-order chi connectivity index (χ0) is 9.90. The summed E-state index contributed by atoms with van der Waals surface area (Å²) in [7, 11) is -3.13. The third-order valence-electron chi connectivity index (χ3n) is 1.75. The molecule has 13 heavy (non-hydrogen) atoms. The highest BCUT2D eigenvalue weighted by atomic mass is 32.2. The van der Waals surface area contributed by atoms with Crippen molar-refractivity contribution in [2.45, 2.75) is 18.4 Å². The number of nitrogens with two attached hydrogens (primary N) is 1. The largest absolute Gasteiger partial charge is 0.325 e. The number of aromatic nitrogens is 1. The second kappa shape index (κ2) is 3.85. The normalized spacial score (nSPS) is 11.5. The van der Waals surface area contributed by atoms with E-state index in [1.165, 1.54) is 12.3 Å². The van der Waals surface area contributed by atoms with Crippen LogP contribution in [0.25, 0.3) is 0 Å². The molecule has 5 heteroatoms. The Kier molecular flexibility index (Phi) is 3.00. The number of rotatable bonds is 3. The number of hydrogen-bond donors (Lipinski definition) is 1. The molecule has 0 fully saturated rings. The van der Waals surface area contributed by atoms with Crippen LogP contribution in [0.2, 0.25) is 0 Å². The van der Waals surface area contributed by atoms with Gasteiger partial charge in [-0.15, -0.1) is 0 Å². The predicted molar refractivity (Wildman–Crippen MR) is 49.9 cm³/mol. The summed E-state index contributed by atoms with van der Waals surface area (Å²) in [5.41, 5.74) is 6.02. The summed E-state index contributed by atoms with van der Waals surface area (Å²) in [6.45, 7) is 1.93. The summed E-state index contributed by atoms with van der Waals surface area (Å²) in [6.07, 6.45) is 1.35. The molecular weight excluding hydrogens is 188 g/mol. The Morgan fingerprint density at radius 1 is 1.46 bits per heavy atom. The molecule has 4 nitrogen and oxygen atoms in total. The SMILES string of the molecule is CCS(=O)(=O)c1ccc(CN)nc1. The van der Waals surface area contributed by atoms with Crippen LogP contribution in [-0.2, 0) is 16.4 Å². The highest BCUT2D eigenvalue weighted by Gasteiger charge is 2.10. The molecular formula is C8H12N2O2S. The van der Waals surface area contributed by atoms with Crippen molar-refractivity contribution in [2.75, 3.05) is 5.75 Å². The van der Waals surface area contributed by atoms with E-state index in [1.807, 2.05) is 0 Å². The van der Waals surface area contributed by atoms with E-state index in [9.17, 15) is 8.42 Å². The minimum absolute atomic E-state index is 0.0939. The molecule has 0 aliphatic carbocycles. The maximum Gasteiger partial charge on any atom is 0.179 e. The summed E-state index contributed by atoms with van der Waals surface area (Å²) in [5.74, 6) is 0.0939. The second-order valence-electron chi connectivity index (χ2n) is 2.59. The molecule has 1 rings (SSSR count). The highest BCUT2D eigenvalue weighted by molar-refractivity contribution is 7.91. The smallest absolute Gasteiger partial charge is 0.179 e. The molecule has 0 saturated carbocycles. The lowest BCUT2D eigenvalue weighted by Crippen LogP contribution is -2.06. The van der Waals surface area contributed by atoms with E-state index in [0.717, 1.165) is 0 Å². The van der Waals surface area contributed by atoms with Gasteiger partial charge in [0.15, 0.2) is 9.84 Å². The van der Waals surface area contributed by atoms with Gasteiger partial charge < -0.3 is 5.73 Å². The van der Waals surface area contributed by atoms with Crippen molar-refractivity contribution >= 4 is 9.84 Å². The fourth-order valence-corrected chi connectivity index (χ4v) is 1.70. The molecule has 0 aromatic carbocycles. The van der Waals surface area contributed by atoms with E-state index in [2.05, 4.69) is 4.98 Å². The first kappa shape index (κ1) is 10.1. The van der Waals surface area contributed by atoms with Crippen LogP contribution in [0, 0.1) is 0 Å². The van der Waals surface area contributed by atoms with Gasteiger partial charge in [-0.3, -0.25) is 4.98 Å². The minimum Gasteiger partial charge on any atom is -0.325 e. The maximum absolute atomic E-state index is 11.3. The van der Waals surface area contributed by atoms with E-state index in [1.54, 1.807) is 13.0 Å². The van der Waals surface area contributed by atoms with Crippen LogP contribution in [-0.4, -0.2) is 19.2 Å². The fourth-order valence-electron chi connectivity index (χ4n) is 0.882. The quantitative estimate of drug-likeness (QED) is 0.763. The highest BCUT2D eigenvalue weighted by Crippen LogP contribution is 2.09. The number of nitrogens with zero attached hydrogens (tertiary/aromatic N) is 1. The van der Waals surface area contributed by atoms with Crippen LogP contribution in [0.15, 0.2) is 23.2 Å². The molecule has 0 unspecified atom stereocenters. The molecule has 1 heterocycles. The van der Waals surface area contributed by atoms with E-state index in [-0.39, 0.29) is 10.6 Å². The Hall–Kier alpha value is -0.940. The first-order chi connectivity index (χ1) is 6.10. The van der Waals surface area contributed by atoms with Crippen LogP contribution in [0.1, 0.15) is 12.6 Å². The van der Waals surface area contributed by atoms with Crippen molar-refractivity contribution in [3.05, 3.63) is 24.0 Å². The van der Waals surface area contributed by atoms with Gasteiger partial charge in [0.25, 0.3) is 0 Å². The molecule has 2 N–H and O–H groups in total. The van der Waals surface area contributed by atoms with Crippen molar-refractivity contribution in [1.29, 1.82) is 0 Å². The average molecular weight is 200 g/mol. The molecule has 0 aliphatic rings. The van der Waals surface area contributed by atoms with Gasteiger partial charge in [-0.2, -0.15) is 0 Å². The van der Waals surface area contributed by atoms with E-state index < -0.39 is 9.84 Å². The van der Waals surface area contributed by atoms with E-state index >= 15 is 0 Å². The second-order valence-corrected chi connectivity index (χ2v) is 4.87. The Morgan fingerprint density at radius 2 is 2.15 bits per heavy atom. The molecule has 1 aromatic heterocycles. The van der Waals surface area contributed by atoms with Gasteiger partial charge in [-0.1, -0.05) is 6.92 Å². The Labute approximate surface area is 77.7 Å². The standard InChI is InChI=1S/C8H12N2O2S/c1-2-13(11,12)8-4-3-7(5-9)10-6-8/h3-4,6H,2,5,9H2,1H3. The Balaban J connectivity index is 3.06. The summed E-state index contributed by atoms with van der Waals surface area (Å²) in [6, 6.07) is 3.16. The van der Waals surface area contributed by atoms with E-state index in [0.29, 0.717) is 12.2 Å². The zero-order valence-corrected chi connectivity index (χ0v) is 8.21. The molecule has 72 valence electrons. The summed E-state index contributed by atoms with van der Waals surface area (Å²) in [4.78, 5) is 4.16. The fraction of sp³-hybridized carbons (Fsp3) is 0.375. The van der Waals surface area contributed by atoms with Crippen LogP contribution >= 0.6 is 0 Å². The van der Waals surface area contributed by atoms with Gasteiger partial charge in [0, 0.05) is 12.7 Å². The van der Waals surface area contributed by atoms with E-state index in [4.69, 9.17) is 5.73 Å².